The van der Waals surface area contributed by atoms with E-state index in [1.54, 1.807) is 27.2 Å². The highest BCUT2D eigenvalue weighted by molar-refractivity contribution is 7.99. The molecule has 9 nitrogen and oxygen atoms in total. The molecule has 0 fully saturated rings. The number of ether oxygens (including phenoxy) is 2. The van der Waals surface area contributed by atoms with Crippen molar-refractivity contribution in [3.8, 4) is 11.5 Å². The Balaban J connectivity index is 2.02. The summed E-state index contributed by atoms with van der Waals surface area (Å²) in [4.78, 5) is 42.6. The summed E-state index contributed by atoms with van der Waals surface area (Å²) in [5.74, 6) is 0.819. The molecule has 1 unspecified atom stereocenters. The largest absolute Gasteiger partial charge is 0.493 e. The van der Waals surface area contributed by atoms with Crippen molar-refractivity contribution in [2.24, 2.45) is 0 Å². The van der Waals surface area contributed by atoms with Crippen LogP contribution in [0.2, 0.25) is 0 Å². The highest BCUT2D eigenvalue weighted by Gasteiger charge is 2.27. The summed E-state index contributed by atoms with van der Waals surface area (Å²) in [6.07, 6.45) is 2.24. The summed E-state index contributed by atoms with van der Waals surface area (Å²) < 4.78 is 11.9. The molecule has 0 bridgehead atoms. The number of nitrogens with zero attached hydrogens (tertiary/aromatic N) is 2. The molecule has 1 aromatic heterocycles. The SMILES string of the molecule is COc1ccc(CCN(C(=O)C(C)SC)c2c(N)n(Cc3ccccc3)c(=O)[nH]c2=O)cc1OC. The maximum absolute atomic E-state index is 13.3. The van der Waals surface area contributed by atoms with Crippen LogP contribution in [-0.2, 0) is 17.8 Å². The number of aromatic amines is 1. The number of anilines is 2. The molecule has 0 saturated heterocycles. The molecule has 3 rings (SSSR count). The Labute approximate surface area is 207 Å². The van der Waals surface area contributed by atoms with Gasteiger partial charge in [-0.25, -0.2) is 4.79 Å². The van der Waals surface area contributed by atoms with Crippen LogP contribution in [0.5, 0.6) is 11.5 Å². The normalized spacial score (nSPS) is 11.7. The Morgan fingerprint density at radius 2 is 1.77 bits per heavy atom. The molecule has 0 spiro atoms. The van der Waals surface area contributed by atoms with Crippen molar-refractivity contribution < 1.29 is 14.3 Å². The lowest BCUT2D eigenvalue weighted by Gasteiger charge is -2.26. The predicted molar refractivity (Wildman–Crippen MR) is 140 cm³/mol. The fourth-order valence-electron chi connectivity index (χ4n) is 3.69. The van der Waals surface area contributed by atoms with Gasteiger partial charge in [0.25, 0.3) is 5.56 Å². The van der Waals surface area contributed by atoms with Crippen LogP contribution in [-0.4, -0.2) is 47.7 Å². The number of hydrogen-bond donors (Lipinski definition) is 2. The van der Waals surface area contributed by atoms with Gasteiger partial charge in [-0.05, 0) is 42.9 Å². The van der Waals surface area contributed by atoms with E-state index in [9.17, 15) is 14.4 Å². The van der Waals surface area contributed by atoms with Crippen molar-refractivity contribution in [3.05, 3.63) is 80.5 Å². The van der Waals surface area contributed by atoms with Crippen molar-refractivity contribution in [1.82, 2.24) is 9.55 Å². The first-order chi connectivity index (χ1) is 16.8. The number of nitrogens with two attached hydrogens (primary N) is 1. The maximum atomic E-state index is 13.3. The van der Waals surface area contributed by atoms with Gasteiger partial charge < -0.3 is 20.1 Å². The second kappa shape index (κ2) is 11.7. The topological polar surface area (TPSA) is 120 Å². The van der Waals surface area contributed by atoms with Crippen molar-refractivity contribution >= 4 is 29.2 Å². The third-order valence-corrected chi connectivity index (χ3v) is 6.62. The number of methoxy groups -OCH3 is 2. The van der Waals surface area contributed by atoms with E-state index in [-0.39, 0.29) is 30.5 Å². The molecule has 1 heterocycles. The van der Waals surface area contributed by atoms with Crippen molar-refractivity contribution in [2.75, 3.05) is 37.7 Å². The number of thioether (sulfide) groups is 1. The van der Waals surface area contributed by atoms with E-state index >= 15 is 0 Å². The van der Waals surface area contributed by atoms with Gasteiger partial charge in [-0.2, -0.15) is 11.8 Å². The summed E-state index contributed by atoms with van der Waals surface area (Å²) in [6.45, 7) is 2.10. The molecular formula is C25H30N4O5S. The lowest BCUT2D eigenvalue weighted by atomic mass is 10.1. The first kappa shape index (κ1) is 26.0. The first-order valence-corrected chi connectivity index (χ1v) is 12.3. The number of benzene rings is 2. The fraction of sp³-hybridized carbons (Fsp3) is 0.320. The van der Waals surface area contributed by atoms with Gasteiger partial charge in [0.1, 0.15) is 5.82 Å². The molecule has 3 aromatic rings. The number of amides is 1. The summed E-state index contributed by atoms with van der Waals surface area (Å²) >= 11 is 1.36. The fourth-order valence-corrected chi connectivity index (χ4v) is 4.02. The lowest BCUT2D eigenvalue weighted by molar-refractivity contribution is -0.117. The molecule has 0 saturated carbocycles. The standard InChI is InChI=1S/C25H30N4O5S/c1-16(35-4)24(31)28(13-12-17-10-11-19(33-2)20(14-17)34-3)21-22(26)29(25(32)27-23(21)30)15-18-8-6-5-7-9-18/h5-11,14,16H,12-13,15,26H2,1-4H3,(H,27,30,32). The van der Waals surface area contributed by atoms with Gasteiger partial charge in [-0.15, -0.1) is 0 Å². The van der Waals surface area contributed by atoms with E-state index in [0.29, 0.717) is 17.9 Å². The highest BCUT2D eigenvalue weighted by Crippen LogP contribution is 2.28. The highest BCUT2D eigenvalue weighted by atomic mass is 32.2. The maximum Gasteiger partial charge on any atom is 0.330 e. The lowest BCUT2D eigenvalue weighted by Crippen LogP contribution is -2.44. The van der Waals surface area contributed by atoms with E-state index in [0.717, 1.165) is 11.1 Å². The van der Waals surface area contributed by atoms with E-state index in [1.165, 1.54) is 21.2 Å². The quantitative estimate of drug-likeness (QED) is 0.441. The summed E-state index contributed by atoms with van der Waals surface area (Å²) in [5, 5.41) is -0.422. The number of hydrogen-bond acceptors (Lipinski definition) is 7. The van der Waals surface area contributed by atoms with Crippen molar-refractivity contribution in [1.29, 1.82) is 0 Å². The average molecular weight is 499 g/mol. The van der Waals surface area contributed by atoms with Crippen LogP contribution in [0.3, 0.4) is 0 Å². The van der Waals surface area contributed by atoms with Crippen LogP contribution >= 0.6 is 11.8 Å². The minimum absolute atomic E-state index is 0.0353. The summed E-state index contributed by atoms with van der Waals surface area (Å²) in [7, 11) is 3.11. The third-order valence-electron chi connectivity index (χ3n) is 5.71. The number of nitrogens with one attached hydrogen (secondary N) is 1. The molecule has 10 heteroatoms. The number of H-pyrrole nitrogens is 1. The average Bonchev–Trinajstić information content (AvgIpc) is 2.87. The van der Waals surface area contributed by atoms with E-state index < -0.39 is 16.5 Å². The molecule has 0 aliphatic carbocycles. The second-order valence-electron chi connectivity index (χ2n) is 7.87. The zero-order chi connectivity index (χ0) is 25.5. The monoisotopic (exact) mass is 498 g/mol. The molecule has 3 N–H and O–H groups in total. The molecule has 1 amide bonds. The van der Waals surface area contributed by atoms with Crippen molar-refractivity contribution in [3.63, 3.8) is 0 Å². The number of carbonyl (C=O) groups excluding carboxylic acids is 1. The van der Waals surface area contributed by atoms with Gasteiger partial charge in [-0.1, -0.05) is 36.4 Å². The van der Waals surface area contributed by atoms with Crippen LogP contribution in [0.15, 0.2) is 58.1 Å². The second-order valence-corrected chi connectivity index (χ2v) is 9.05. The molecule has 35 heavy (non-hydrogen) atoms. The first-order valence-electron chi connectivity index (χ1n) is 11.0. The number of nitrogen functional groups attached to an aromatic ring is 1. The zero-order valence-electron chi connectivity index (χ0n) is 20.2. The molecule has 2 aromatic carbocycles. The molecule has 186 valence electrons. The van der Waals surface area contributed by atoms with Gasteiger partial charge in [-0.3, -0.25) is 19.1 Å². The van der Waals surface area contributed by atoms with Crippen LogP contribution < -0.4 is 31.4 Å². The van der Waals surface area contributed by atoms with Crippen LogP contribution in [0, 0.1) is 0 Å². The molecule has 0 aliphatic rings. The molecule has 0 aliphatic heterocycles. The smallest absolute Gasteiger partial charge is 0.330 e. The Kier molecular flexibility index (Phi) is 8.64. The van der Waals surface area contributed by atoms with Gasteiger partial charge in [0, 0.05) is 6.54 Å². The summed E-state index contributed by atoms with van der Waals surface area (Å²) in [5.41, 5.74) is 6.71. The minimum Gasteiger partial charge on any atom is -0.493 e. The van der Waals surface area contributed by atoms with Gasteiger partial charge in [0.05, 0.1) is 26.0 Å². The van der Waals surface area contributed by atoms with Crippen molar-refractivity contribution in [2.45, 2.75) is 25.1 Å². The predicted octanol–water partition coefficient (Wildman–Crippen LogP) is 2.51. The van der Waals surface area contributed by atoms with E-state index in [1.807, 2.05) is 48.7 Å². The Hall–Kier alpha value is -3.66. The molecular weight excluding hydrogens is 468 g/mol. The van der Waals surface area contributed by atoms with Crippen LogP contribution in [0.1, 0.15) is 18.1 Å². The number of carbonyl (C=O) groups is 1. The minimum atomic E-state index is -0.703. The van der Waals surface area contributed by atoms with E-state index in [4.69, 9.17) is 15.2 Å². The van der Waals surface area contributed by atoms with Crippen LogP contribution in [0.25, 0.3) is 0 Å². The number of aromatic nitrogens is 2. The number of rotatable bonds is 10. The third kappa shape index (κ3) is 5.89. The molecule has 1 atom stereocenters. The molecule has 0 radical (unpaired) electrons. The Bertz CT molecular complexity index is 1290. The van der Waals surface area contributed by atoms with Gasteiger partial charge in [0.2, 0.25) is 5.91 Å². The van der Waals surface area contributed by atoms with Gasteiger partial charge >= 0.3 is 5.69 Å². The van der Waals surface area contributed by atoms with Gasteiger partial charge in [0.15, 0.2) is 17.2 Å². The Morgan fingerprint density at radius 3 is 2.40 bits per heavy atom. The zero-order valence-corrected chi connectivity index (χ0v) is 21.1. The summed E-state index contributed by atoms with van der Waals surface area (Å²) in [6, 6.07) is 14.7. The van der Waals surface area contributed by atoms with E-state index in [2.05, 4.69) is 4.98 Å². The van der Waals surface area contributed by atoms with Crippen LogP contribution in [0.4, 0.5) is 11.5 Å². The Morgan fingerprint density at radius 1 is 1.09 bits per heavy atom.